The SMILES string of the molecule is COc1ccc2nc(/N=C/c3c(O)n(-c4cccc(Cl)c4)c(=O)[nH]c3=O)sc2c1. The highest BCUT2D eigenvalue weighted by atomic mass is 35.5. The van der Waals surface area contributed by atoms with Crippen molar-refractivity contribution in [1.82, 2.24) is 14.5 Å². The summed E-state index contributed by atoms with van der Waals surface area (Å²) in [5, 5.41) is 11.3. The number of aliphatic imine (C=N–C) groups is 1. The van der Waals surface area contributed by atoms with Gasteiger partial charge in [0, 0.05) is 11.2 Å². The van der Waals surface area contributed by atoms with Crippen molar-refractivity contribution in [2.45, 2.75) is 0 Å². The fourth-order valence-electron chi connectivity index (χ4n) is 2.70. The van der Waals surface area contributed by atoms with Crippen LogP contribution in [0.5, 0.6) is 11.6 Å². The van der Waals surface area contributed by atoms with Crippen molar-refractivity contribution in [1.29, 1.82) is 0 Å². The second kappa shape index (κ2) is 7.53. The van der Waals surface area contributed by atoms with Crippen LogP contribution in [0.4, 0.5) is 5.13 Å². The third kappa shape index (κ3) is 3.65. The van der Waals surface area contributed by atoms with Crippen LogP contribution in [0, 0.1) is 0 Å². The Morgan fingerprint density at radius 1 is 1.28 bits per heavy atom. The number of methoxy groups -OCH3 is 1. The molecule has 0 bridgehead atoms. The van der Waals surface area contributed by atoms with E-state index in [0.29, 0.717) is 21.6 Å². The lowest BCUT2D eigenvalue weighted by Gasteiger charge is -2.09. The largest absolute Gasteiger partial charge is 0.497 e. The van der Waals surface area contributed by atoms with E-state index in [1.54, 1.807) is 37.4 Å². The standard InChI is InChI=1S/C19H13ClN4O4S/c1-28-12-5-6-14-15(8-12)29-18(22-14)21-9-13-16(25)23-19(27)24(17(13)26)11-4-2-3-10(20)7-11/h2-9,26H,1H3,(H,23,25,27)/b21-9+. The summed E-state index contributed by atoms with van der Waals surface area (Å²) < 4.78 is 6.99. The van der Waals surface area contributed by atoms with Gasteiger partial charge in [0.25, 0.3) is 5.56 Å². The Balaban J connectivity index is 1.78. The highest BCUT2D eigenvalue weighted by Crippen LogP contribution is 2.30. The smallest absolute Gasteiger partial charge is 0.335 e. The quantitative estimate of drug-likeness (QED) is 0.485. The second-order valence-electron chi connectivity index (χ2n) is 5.90. The van der Waals surface area contributed by atoms with E-state index in [2.05, 4.69) is 15.0 Å². The van der Waals surface area contributed by atoms with Gasteiger partial charge in [-0.3, -0.25) is 9.78 Å². The Labute approximate surface area is 172 Å². The maximum atomic E-state index is 12.2. The van der Waals surface area contributed by atoms with E-state index in [-0.39, 0.29) is 5.56 Å². The van der Waals surface area contributed by atoms with Crippen molar-refractivity contribution >= 4 is 44.5 Å². The summed E-state index contributed by atoms with van der Waals surface area (Å²) in [6.45, 7) is 0. The number of hydrogen-bond acceptors (Lipinski definition) is 7. The molecule has 29 heavy (non-hydrogen) atoms. The molecule has 8 nitrogen and oxygen atoms in total. The number of aromatic nitrogens is 3. The molecule has 2 aromatic carbocycles. The zero-order valence-corrected chi connectivity index (χ0v) is 16.5. The summed E-state index contributed by atoms with van der Waals surface area (Å²) in [7, 11) is 1.57. The summed E-state index contributed by atoms with van der Waals surface area (Å²) in [5.74, 6) is 0.145. The van der Waals surface area contributed by atoms with Gasteiger partial charge >= 0.3 is 5.69 Å². The zero-order chi connectivity index (χ0) is 20.5. The van der Waals surface area contributed by atoms with E-state index in [0.717, 1.165) is 14.8 Å². The first-order chi connectivity index (χ1) is 14.0. The molecule has 10 heteroatoms. The molecule has 4 aromatic rings. The molecule has 2 heterocycles. The average molecular weight is 429 g/mol. The third-order valence-electron chi connectivity index (χ3n) is 4.08. The van der Waals surface area contributed by atoms with Gasteiger partial charge in [0.15, 0.2) is 0 Å². The molecule has 0 saturated heterocycles. The Bertz CT molecular complexity index is 1370. The van der Waals surface area contributed by atoms with Gasteiger partial charge in [-0.25, -0.2) is 19.3 Å². The highest BCUT2D eigenvalue weighted by Gasteiger charge is 2.15. The third-order valence-corrected chi connectivity index (χ3v) is 5.24. The number of ether oxygens (including phenoxy) is 1. The Morgan fingerprint density at radius 2 is 2.10 bits per heavy atom. The zero-order valence-electron chi connectivity index (χ0n) is 14.9. The number of nitrogens with zero attached hydrogens (tertiary/aromatic N) is 3. The van der Waals surface area contributed by atoms with Crippen LogP contribution in [-0.2, 0) is 0 Å². The van der Waals surface area contributed by atoms with Crippen LogP contribution in [0.1, 0.15) is 5.56 Å². The summed E-state index contributed by atoms with van der Waals surface area (Å²) >= 11 is 7.26. The van der Waals surface area contributed by atoms with Gasteiger partial charge in [-0.05, 0) is 36.4 Å². The van der Waals surface area contributed by atoms with Crippen molar-refractivity contribution < 1.29 is 9.84 Å². The van der Waals surface area contributed by atoms with E-state index in [4.69, 9.17) is 16.3 Å². The van der Waals surface area contributed by atoms with E-state index < -0.39 is 17.1 Å². The normalized spacial score (nSPS) is 11.4. The number of hydrogen-bond donors (Lipinski definition) is 2. The molecule has 4 rings (SSSR count). The highest BCUT2D eigenvalue weighted by molar-refractivity contribution is 7.22. The van der Waals surface area contributed by atoms with Gasteiger partial charge in [0.05, 0.1) is 23.0 Å². The Kier molecular flexibility index (Phi) is 4.91. The number of halogens is 1. The molecule has 0 aliphatic carbocycles. The maximum Gasteiger partial charge on any atom is 0.335 e. The Hall–Kier alpha value is -3.43. The fourth-order valence-corrected chi connectivity index (χ4v) is 3.73. The number of aromatic amines is 1. The minimum Gasteiger partial charge on any atom is -0.497 e. The predicted molar refractivity (Wildman–Crippen MR) is 113 cm³/mol. The van der Waals surface area contributed by atoms with Crippen molar-refractivity contribution in [3.63, 3.8) is 0 Å². The second-order valence-corrected chi connectivity index (χ2v) is 7.35. The van der Waals surface area contributed by atoms with Gasteiger partial charge < -0.3 is 9.84 Å². The first-order valence-corrected chi connectivity index (χ1v) is 9.48. The molecule has 0 atom stereocenters. The van der Waals surface area contributed by atoms with Gasteiger partial charge in [0.1, 0.15) is 11.3 Å². The van der Waals surface area contributed by atoms with E-state index in [1.165, 1.54) is 23.6 Å². The lowest BCUT2D eigenvalue weighted by atomic mass is 10.3. The molecular weight excluding hydrogens is 416 g/mol. The predicted octanol–water partition coefficient (Wildman–Crippen LogP) is 3.25. The van der Waals surface area contributed by atoms with Crippen LogP contribution >= 0.6 is 22.9 Å². The summed E-state index contributed by atoms with van der Waals surface area (Å²) in [6, 6.07) is 11.7. The summed E-state index contributed by atoms with van der Waals surface area (Å²) in [4.78, 5) is 35.1. The molecule has 0 amide bonds. The van der Waals surface area contributed by atoms with E-state index in [1.807, 2.05) is 6.07 Å². The molecule has 2 N–H and O–H groups in total. The molecule has 0 unspecified atom stereocenters. The van der Waals surface area contributed by atoms with Gasteiger partial charge in [-0.15, -0.1) is 0 Å². The fraction of sp³-hybridized carbons (Fsp3) is 0.0526. The minimum absolute atomic E-state index is 0.179. The topological polar surface area (TPSA) is 110 Å². The first kappa shape index (κ1) is 18.9. The van der Waals surface area contributed by atoms with Crippen molar-refractivity contribution in [2.75, 3.05) is 7.11 Å². The molecule has 0 spiro atoms. The molecule has 146 valence electrons. The van der Waals surface area contributed by atoms with Crippen molar-refractivity contribution in [3.05, 3.63) is 73.9 Å². The summed E-state index contributed by atoms with van der Waals surface area (Å²) in [5.41, 5.74) is -0.708. The number of thiazole rings is 1. The molecule has 0 aliphatic heterocycles. The van der Waals surface area contributed by atoms with Crippen LogP contribution in [0.15, 0.2) is 57.0 Å². The lowest BCUT2D eigenvalue weighted by molar-refractivity contribution is 0.415. The number of benzene rings is 2. The number of fused-ring (bicyclic) bond motifs is 1. The molecule has 0 fully saturated rings. The summed E-state index contributed by atoms with van der Waals surface area (Å²) in [6.07, 6.45) is 1.17. The van der Waals surface area contributed by atoms with Gasteiger partial charge in [0.2, 0.25) is 11.0 Å². The molecule has 2 aromatic heterocycles. The van der Waals surface area contributed by atoms with Crippen LogP contribution in [-0.4, -0.2) is 33.0 Å². The molecule has 0 aliphatic rings. The minimum atomic E-state index is -0.793. The number of rotatable bonds is 4. The monoisotopic (exact) mass is 428 g/mol. The van der Waals surface area contributed by atoms with E-state index >= 15 is 0 Å². The lowest BCUT2D eigenvalue weighted by Crippen LogP contribution is -2.31. The van der Waals surface area contributed by atoms with Gasteiger partial charge in [-0.2, -0.15) is 0 Å². The molecule has 0 radical (unpaired) electrons. The van der Waals surface area contributed by atoms with Crippen LogP contribution < -0.4 is 16.0 Å². The number of aromatic hydroxyl groups is 1. The Morgan fingerprint density at radius 3 is 2.86 bits per heavy atom. The van der Waals surface area contributed by atoms with Crippen LogP contribution in [0.2, 0.25) is 5.02 Å². The first-order valence-electron chi connectivity index (χ1n) is 8.29. The van der Waals surface area contributed by atoms with E-state index in [9.17, 15) is 14.7 Å². The average Bonchev–Trinajstić information content (AvgIpc) is 3.09. The number of H-pyrrole nitrogens is 1. The molecular formula is C19H13ClN4O4S. The maximum absolute atomic E-state index is 12.2. The molecule has 0 saturated carbocycles. The van der Waals surface area contributed by atoms with Crippen molar-refractivity contribution in [3.8, 4) is 17.3 Å². The van der Waals surface area contributed by atoms with Crippen molar-refractivity contribution in [2.24, 2.45) is 4.99 Å². The number of nitrogens with one attached hydrogen (secondary N) is 1. The van der Waals surface area contributed by atoms with Gasteiger partial charge in [-0.1, -0.05) is 29.0 Å². The van der Waals surface area contributed by atoms with Crippen LogP contribution in [0.3, 0.4) is 0 Å². The van der Waals surface area contributed by atoms with Crippen LogP contribution in [0.25, 0.3) is 15.9 Å².